The molecule has 1 aromatic carbocycles. The van der Waals surface area contributed by atoms with Crippen LogP contribution >= 0.6 is 38.9 Å². The van der Waals surface area contributed by atoms with Gasteiger partial charge in [-0.1, -0.05) is 31.5 Å². The maximum atomic E-state index is 5.83. The van der Waals surface area contributed by atoms with Crippen molar-refractivity contribution in [1.29, 1.82) is 0 Å². The molecule has 110 valence electrons. The predicted octanol–water partition coefficient (Wildman–Crippen LogP) is 3.40. The molecular formula is C16H15BrClLiN2S. The van der Waals surface area contributed by atoms with Crippen molar-refractivity contribution >= 4 is 49.0 Å². The van der Waals surface area contributed by atoms with Gasteiger partial charge in [0, 0.05) is 10.9 Å². The molecule has 6 heteroatoms. The summed E-state index contributed by atoms with van der Waals surface area (Å²) in [6.07, 6.45) is 3.95. The molecule has 3 aromatic rings. The largest absolute Gasteiger partial charge is 1.00 e. The maximum absolute atomic E-state index is 5.83. The van der Waals surface area contributed by atoms with Crippen LogP contribution in [0, 0.1) is 6.92 Å². The number of halogens is 2. The van der Waals surface area contributed by atoms with Crippen molar-refractivity contribution in [1.82, 2.24) is 9.97 Å². The Balaban J connectivity index is 0.000000436. The van der Waals surface area contributed by atoms with Crippen LogP contribution in [0.4, 0.5) is 0 Å². The van der Waals surface area contributed by atoms with E-state index in [1.54, 1.807) is 17.5 Å². The molecule has 0 fully saturated rings. The molecule has 3 rings (SSSR count). The number of nitrogens with zero attached hydrogens (tertiary/aromatic N) is 2. The van der Waals surface area contributed by atoms with Crippen molar-refractivity contribution in [2.75, 3.05) is 0 Å². The van der Waals surface area contributed by atoms with Crippen LogP contribution in [-0.4, -0.2) is 9.97 Å². The Kier molecular flexibility index (Phi) is 8.67. The summed E-state index contributed by atoms with van der Waals surface area (Å²) in [7, 11) is 0. The molecule has 0 atom stereocenters. The van der Waals surface area contributed by atoms with Gasteiger partial charge in [-0.25, -0.2) is 9.97 Å². The van der Waals surface area contributed by atoms with Gasteiger partial charge in [-0.15, -0.1) is 11.3 Å². The molecule has 22 heavy (non-hydrogen) atoms. The average molecular weight is 390 g/mol. The average Bonchev–Trinajstić information content (AvgIpc) is 2.93. The van der Waals surface area contributed by atoms with Crippen molar-refractivity contribution < 1.29 is 18.9 Å². The van der Waals surface area contributed by atoms with Gasteiger partial charge < -0.3 is 6.92 Å². The van der Waals surface area contributed by atoms with Crippen molar-refractivity contribution in [3.8, 4) is 10.6 Å². The van der Waals surface area contributed by atoms with Crippen LogP contribution in [0.5, 0.6) is 0 Å². The molecular weight excluding hydrogens is 375 g/mol. The zero-order chi connectivity index (χ0) is 15.2. The fraction of sp³-hybridized carbons (Fsp3) is 0.188. The van der Waals surface area contributed by atoms with Gasteiger partial charge in [-0.2, -0.15) is 6.42 Å². The fourth-order valence-corrected chi connectivity index (χ4v) is 3.35. The summed E-state index contributed by atoms with van der Waals surface area (Å²) in [5.41, 5.74) is 0.839. The molecule has 0 aliphatic carbocycles. The summed E-state index contributed by atoms with van der Waals surface area (Å²) in [5, 5.41) is 1.48. The molecule has 0 N–H and O–H groups in total. The second-order valence-corrected chi connectivity index (χ2v) is 6.61. The second-order valence-electron chi connectivity index (χ2n) is 4.34. The minimum absolute atomic E-state index is 0. The zero-order valence-electron chi connectivity index (χ0n) is 12.6. The maximum Gasteiger partial charge on any atom is 1.00 e. The van der Waals surface area contributed by atoms with Gasteiger partial charge in [0.15, 0.2) is 0 Å². The number of fused-ring (bicyclic) bond motifs is 1. The number of aromatic nitrogens is 2. The third-order valence-corrected chi connectivity index (χ3v) is 4.61. The molecule has 0 saturated heterocycles. The molecule has 2 nitrogen and oxygen atoms in total. The first-order chi connectivity index (χ1) is 10.2. The third-order valence-electron chi connectivity index (χ3n) is 2.73. The van der Waals surface area contributed by atoms with E-state index in [2.05, 4.69) is 57.9 Å². The van der Waals surface area contributed by atoms with Gasteiger partial charge in [0.2, 0.25) is 5.28 Å². The van der Waals surface area contributed by atoms with E-state index in [1.807, 2.05) is 12.1 Å². The second kappa shape index (κ2) is 9.70. The van der Waals surface area contributed by atoms with Gasteiger partial charge in [0.25, 0.3) is 0 Å². The van der Waals surface area contributed by atoms with Crippen molar-refractivity contribution in [2.24, 2.45) is 0 Å². The Hall–Kier alpha value is -0.373. The van der Waals surface area contributed by atoms with Gasteiger partial charge in [0.1, 0.15) is 0 Å². The molecule has 2 heterocycles. The summed E-state index contributed by atoms with van der Waals surface area (Å²) in [6, 6.07) is 10.4. The normalized spacial score (nSPS) is 9.82. The van der Waals surface area contributed by atoms with Crippen LogP contribution in [0.25, 0.3) is 20.7 Å². The minimum atomic E-state index is 0. The molecule has 0 unspecified atom stereocenters. The monoisotopic (exact) mass is 388 g/mol. The zero-order valence-corrected chi connectivity index (χ0v) is 15.8. The van der Waals surface area contributed by atoms with Crippen LogP contribution < -0.4 is 18.9 Å². The van der Waals surface area contributed by atoms with Crippen LogP contribution in [0.15, 0.2) is 41.0 Å². The Morgan fingerprint density at radius 1 is 1.32 bits per heavy atom. The summed E-state index contributed by atoms with van der Waals surface area (Å²) >= 11 is 11.0. The van der Waals surface area contributed by atoms with Gasteiger partial charge in [0.05, 0.1) is 15.0 Å². The van der Waals surface area contributed by atoms with Crippen LogP contribution in [0.3, 0.4) is 0 Å². The van der Waals surface area contributed by atoms with E-state index in [9.17, 15) is 0 Å². The first-order valence-corrected chi connectivity index (χ1v) is 8.60. The number of benzene rings is 1. The first-order valence-electron chi connectivity index (χ1n) is 6.62. The predicted molar refractivity (Wildman–Crippen MR) is 95.8 cm³/mol. The fourth-order valence-electron chi connectivity index (χ4n) is 1.62. The van der Waals surface area contributed by atoms with Crippen molar-refractivity contribution in [3.63, 3.8) is 0 Å². The molecule has 0 amide bonds. The molecule has 0 spiro atoms. The minimum Gasteiger partial charge on any atom is -0.343 e. The summed E-state index contributed by atoms with van der Waals surface area (Å²) in [6.45, 7) is 5.72. The SMILES string of the molecule is Clc1ncc(Br)c(-c2cc3ccccc3s2)n1.[CH2-]CCC.[Li+]. The quantitative estimate of drug-likeness (QED) is 0.381. The smallest absolute Gasteiger partial charge is 0.343 e. The topological polar surface area (TPSA) is 25.8 Å². The van der Waals surface area contributed by atoms with E-state index in [0.717, 1.165) is 21.5 Å². The molecule has 2 aromatic heterocycles. The third kappa shape index (κ3) is 5.08. The van der Waals surface area contributed by atoms with Crippen LogP contribution in [0.2, 0.25) is 5.28 Å². The first kappa shape index (κ1) is 19.7. The molecule has 0 radical (unpaired) electrons. The number of thiophene rings is 1. The van der Waals surface area contributed by atoms with E-state index < -0.39 is 0 Å². The van der Waals surface area contributed by atoms with E-state index in [-0.39, 0.29) is 24.1 Å². The number of rotatable bonds is 2. The Labute approximate surface area is 160 Å². The van der Waals surface area contributed by atoms with E-state index in [1.165, 1.54) is 16.5 Å². The molecule has 0 saturated carbocycles. The van der Waals surface area contributed by atoms with Gasteiger partial charge in [-0.3, -0.25) is 0 Å². The number of hydrogen-bond donors (Lipinski definition) is 0. The van der Waals surface area contributed by atoms with Gasteiger partial charge in [-0.05, 0) is 45.0 Å². The number of hydrogen-bond acceptors (Lipinski definition) is 3. The standard InChI is InChI=1S/C12H6BrClN2S.C4H9.Li/c13-8-6-15-12(14)16-11(8)10-5-7-3-1-2-4-9(7)17-10;1-3-4-2;/h1-6H;1,3-4H2,2H3;/q;-1;+1. The van der Waals surface area contributed by atoms with E-state index >= 15 is 0 Å². The number of unbranched alkanes of at least 4 members (excludes halogenated alkanes) is 1. The summed E-state index contributed by atoms with van der Waals surface area (Å²) in [5.74, 6) is 0. The Morgan fingerprint density at radius 2 is 2.00 bits per heavy atom. The molecule has 0 bridgehead atoms. The Morgan fingerprint density at radius 3 is 2.64 bits per heavy atom. The van der Waals surface area contributed by atoms with E-state index in [0.29, 0.717) is 0 Å². The van der Waals surface area contributed by atoms with Gasteiger partial charge >= 0.3 is 18.9 Å². The van der Waals surface area contributed by atoms with E-state index in [4.69, 9.17) is 11.6 Å². The van der Waals surface area contributed by atoms with Crippen LogP contribution in [0.1, 0.15) is 19.8 Å². The van der Waals surface area contributed by atoms with Crippen molar-refractivity contribution in [3.05, 3.63) is 53.2 Å². The molecule has 0 aliphatic heterocycles. The summed E-state index contributed by atoms with van der Waals surface area (Å²) in [4.78, 5) is 9.27. The Bertz CT molecular complexity index is 698. The molecule has 0 aliphatic rings. The van der Waals surface area contributed by atoms with Crippen molar-refractivity contribution in [2.45, 2.75) is 19.8 Å². The summed E-state index contributed by atoms with van der Waals surface area (Å²) < 4.78 is 2.09. The van der Waals surface area contributed by atoms with Crippen LogP contribution in [-0.2, 0) is 0 Å².